The molecule has 4 rings (SSSR count). The van der Waals surface area contributed by atoms with Gasteiger partial charge in [-0.1, -0.05) is 12.1 Å². The van der Waals surface area contributed by atoms with Crippen LogP contribution in [0.2, 0.25) is 0 Å². The van der Waals surface area contributed by atoms with E-state index < -0.39 is 0 Å². The lowest BCUT2D eigenvalue weighted by molar-refractivity contribution is 0.261. The maximum absolute atomic E-state index is 12.4. The number of benzene rings is 2. The molecule has 2 aromatic carbocycles. The predicted molar refractivity (Wildman–Crippen MR) is 116 cm³/mol. The van der Waals surface area contributed by atoms with E-state index in [0.717, 1.165) is 50.2 Å². The highest BCUT2D eigenvalue weighted by Crippen LogP contribution is 2.40. The number of rotatable bonds is 6. The molecule has 0 fully saturated rings. The number of hydrogen-bond donors (Lipinski definition) is 1. The second-order valence-corrected chi connectivity index (χ2v) is 7.78. The minimum Gasteiger partial charge on any atom is -0.496 e. The number of nitrogens with one attached hydrogen (secondary N) is 1. The highest BCUT2D eigenvalue weighted by Gasteiger charge is 2.16. The van der Waals surface area contributed by atoms with Crippen LogP contribution in [-0.2, 0) is 0 Å². The van der Waals surface area contributed by atoms with Crippen molar-refractivity contribution in [1.82, 2.24) is 9.88 Å². The van der Waals surface area contributed by atoms with Gasteiger partial charge >= 0.3 is 0 Å². The molecule has 2 aromatic heterocycles. The lowest BCUT2D eigenvalue weighted by Crippen LogP contribution is -2.19. The van der Waals surface area contributed by atoms with Gasteiger partial charge in [0, 0.05) is 28.4 Å². The van der Waals surface area contributed by atoms with Crippen LogP contribution in [0.1, 0.15) is 0 Å². The molecule has 0 saturated heterocycles. The molecule has 2 heterocycles. The molecule has 0 saturated carbocycles. The smallest absolute Gasteiger partial charge is 0.266 e. The number of pyridine rings is 1. The molecule has 0 radical (unpaired) electrons. The first-order valence-corrected chi connectivity index (χ1v) is 9.94. The molecule has 0 aliphatic carbocycles. The lowest BCUT2D eigenvalue weighted by atomic mass is 9.97. The van der Waals surface area contributed by atoms with Gasteiger partial charge in [0.15, 0.2) is 0 Å². The van der Waals surface area contributed by atoms with Gasteiger partial charge in [-0.2, -0.15) is 0 Å². The van der Waals surface area contributed by atoms with Gasteiger partial charge in [-0.05, 0) is 55.4 Å². The second kappa shape index (κ2) is 7.66. The second-order valence-electron chi connectivity index (χ2n) is 6.86. The fourth-order valence-electron chi connectivity index (χ4n) is 3.35. The third-order valence-electron chi connectivity index (χ3n) is 4.73. The van der Waals surface area contributed by atoms with E-state index in [1.54, 1.807) is 7.11 Å². The summed E-state index contributed by atoms with van der Waals surface area (Å²) in [6, 6.07) is 13.8. The van der Waals surface area contributed by atoms with Crippen molar-refractivity contribution in [3.63, 3.8) is 0 Å². The molecule has 0 aliphatic heterocycles. The maximum Gasteiger partial charge on any atom is 0.266 e. The Hall–Kier alpha value is -2.83. The van der Waals surface area contributed by atoms with Crippen LogP contribution < -0.4 is 15.0 Å². The van der Waals surface area contributed by atoms with Gasteiger partial charge in [0.1, 0.15) is 22.8 Å². The Morgan fingerprint density at radius 1 is 1.07 bits per heavy atom. The van der Waals surface area contributed by atoms with E-state index in [1.807, 2.05) is 61.9 Å². The standard InChI is InChI=1S/C22H22N2O3S/c1-24(2)11-12-27-15-6-4-14(5-7-15)19-18(26-3)9-8-17-20(19)16-10-13-28-21(16)22(25)23-17/h4-10,13H,11-12H2,1-3H3,(H,23,25). The van der Waals surface area contributed by atoms with Crippen LogP contribution >= 0.6 is 11.3 Å². The number of nitrogens with zero attached hydrogens (tertiary/aromatic N) is 1. The first kappa shape index (κ1) is 18.5. The zero-order chi connectivity index (χ0) is 19.7. The van der Waals surface area contributed by atoms with Gasteiger partial charge in [-0.25, -0.2) is 0 Å². The van der Waals surface area contributed by atoms with Gasteiger partial charge in [0.05, 0.1) is 7.11 Å². The highest BCUT2D eigenvalue weighted by molar-refractivity contribution is 7.17. The van der Waals surface area contributed by atoms with Gasteiger partial charge in [-0.15, -0.1) is 11.3 Å². The molecule has 0 unspecified atom stereocenters. The molecular formula is C22H22N2O3S. The highest BCUT2D eigenvalue weighted by atomic mass is 32.1. The number of fused-ring (bicyclic) bond motifs is 3. The minimum atomic E-state index is -0.0572. The van der Waals surface area contributed by atoms with E-state index in [-0.39, 0.29) is 5.56 Å². The van der Waals surface area contributed by atoms with E-state index in [4.69, 9.17) is 9.47 Å². The molecule has 0 spiro atoms. The molecule has 28 heavy (non-hydrogen) atoms. The summed E-state index contributed by atoms with van der Waals surface area (Å²) in [6.07, 6.45) is 0. The maximum atomic E-state index is 12.4. The van der Waals surface area contributed by atoms with Crippen LogP contribution in [-0.4, -0.2) is 44.2 Å². The summed E-state index contributed by atoms with van der Waals surface area (Å²) in [5.74, 6) is 1.60. The van der Waals surface area contributed by atoms with Crippen LogP contribution in [0.25, 0.3) is 32.1 Å². The first-order chi connectivity index (χ1) is 13.6. The lowest BCUT2D eigenvalue weighted by Gasteiger charge is -2.14. The Kier molecular flexibility index (Phi) is 5.07. The topological polar surface area (TPSA) is 54.6 Å². The number of hydrogen-bond acceptors (Lipinski definition) is 5. The number of methoxy groups -OCH3 is 1. The van der Waals surface area contributed by atoms with E-state index >= 15 is 0 Å². The van der Waals surface area contributed by atoms with Crippen molar-refractivity contribution in [2.45, 2.75) is 0 Å². The molecule has 6 heteroatoms. The normalized spacial score (nSPS) is 11.4. The van der Waals surface area contributed by atoms with E-state index in [2.05, 4.69) is 9.88 Å². The fourth-order valence-corrected chi connectivity index (χ4v) is 4.14. The summed E-state index contributed by atoms with van der Waals surface area (Å²) >= 11 is 1.45. The monoisotopic (exact) mass is 394 g/mol. The average Bonchev–Trinajstić information content (AvgIpc) is 3.18. The zero-order valence-electron chi connectivity index (χ0n) is 16.1. The molecule has 1 N–H and O–H groups in total. The minimum absolute atomic E-state index is 0.0572. The summed E-state index contributed by atoms with van der Waals surface area (Å²) in [7, 11) is 5.71. The summed E-state index contributed by atoms with van der Waals surface area (Å²) in [5, 5.41) is 3.89. The van der Waals surface area contributed by atoms with Crippen LogP contribution in [0.5, 0.6) is 11.5 Å². The Morgan fingerprint density at radius 2 is 1.86 bits per heavy atom. The van der Waals surface area contributed by atoms with Crippen molar-refractivity contribution in [3.8, 4) is 22.6 Å². The number of aromatic nitrogens is 1. The van der Waals surface area contributed by atoms with Crippen LogP contribution in [0.3, 0.4) is 0 Å². The Bertz CT molecular complexity index is 1180. The summed E-state index contributed by atoms with van der Waals surface area (Å²) in [6.45, 7) is 1.50. The quantitative estimate of drug-likeness (QED) is 0.528. The third-order valence-corrected chi connectivity index (χ3v) is 5.64. The van der Waals surface area contributed by atoms with Crippen LogP contribution in [0, 0.1) is 0 Å². The summed E-state index contributed by atoms with van der Waals surface area (Å²) in [4.78, 5) is 17.4. The van der Waals surface area contributed by atoms with Gasteiger partial charge < -0.3 is 19.4 Å². The van der Waals surface area contributed by atoms with Gasteiger partial charge in [-0.3, -0.25) is 4.79 Å². The number of likely N-dealkylation sites (N-methyl/N-ethyl adjacent to an activating group) is 1. The van der Waals surface area contributed by atoms with Crippen molar-refractivity contribution in [2.75, 3.05) is 34.4 Å². The molecular weight excluding hydrogens is 372 g/mol. The molecule has 0 amide bonds. The van der Waals surface area contributed by atoms with Crippen LogP contribution in [0.4, 0.5) is 0 Å². The predicted octanol–water partition coefficient (Wildman–Crippen LogP) is 4.36. The molecule has 4 aromatic rings. The van der Waals surface area contributed by atoms with E-state index in [0.29, 0.717) is 6.61 Å². The SMILES string of the molecule is COc1ccc2[nH]c(=O)c3sccc3c2c1-c1ccc(OCCN(C)C)cc1. The number of ether oxygens (including phenoxy) is 2. The molecule has 0 aliphatic rings. The first-order valence-electron chi connectivity index (χ1n) is 9.06. The number of aromatic amines is 1. The number of thiophene rings is 1. The fraction of sp³-hybridized carbons (Fsp3) is 0.227. The zero-order valence-corrected chi connectivity index (χ0v) is 16.9. The van der Waals surface area contributed by atoms with Crippen LogP contribution in [0.15, 0.2) is 52.6 Å². The molecule has 5 nitrogen and oxygen atoms in total. The Morgan fingerprint density at radius 3 is 2.57 bits per heavy atom. The molecule has 0 bridgehead atoms. The Balaban J connectivity index is 1.83. The molecule has 0 atom stereocenters. The van der Waals surface area contributed by atoms with Crippen molar-refractivity contribution >= 4 is 32.3 Å². The largest absolute Gasteiger partial charge is 0.496 e. The van der Waals surface area contributed by atoms with Gasteiger partial charge in [0.2, 0.25) is 0 Å². The van der Waals surface area contributed by atoms with E-state index in [9.17, 15) is 4.79 Å². The van der Waals surface area contributed by atoms with Crippen molar-refractivity contribution in [3.05, 3.63) is 58.2 Å². The summed E-state index contributed by atoms with van der Waals surface area (Å²) in [5.41, 5.74) is 2.73. The number of H-pyrrole nitrogens is 1. The van der Waals surface area contributed by atoms with Crippen molar-refractivity contribution in [2.24, 2.45) is 0 Å². The van der Waals surface area contributed by atoms with Crippen molar-refractivity contribution in [1.29, 1.82) is 0 Å². The average molecular weight is 394 g/mol. The third kappa shape index (κ3) is 3.37. The molecule has 144 valence electrons. The summed E-state index contributed by atoms with van der Waals surface area (Å²) < 4.78 is 12.2. The van der Waals surface area contributed by atoms with E-state index in [1.165, 1.54) is 11.3 Å². The van der Waals surface area contributed by atoms with Crippen molar-refractivity contribution < 1.29 is 9.47 Å². The van der Waals surface area contributed by atoms with Gasteiger partial charge in [0.25, 0.3) is 5.56 Å². The Labute approximate surface area is 167 Å².